The van der Waals surface area contributed by atoms with Gasteiger partial charge >= 0.3 is 5.97 Å². The van der Waals surface area contributed by atoms with E-state index in [1.54, 1.807) is 24.3 Å². The van der Waals surface area contributed by atoms with Crippen LogP contribution in [0.25, 0.3) is 0 Å². The van der Waals surface area contributed by atoms with Crippen LogP contribution in [-0.2, 0) is 0 Å². The molecule has 0 bridgehead atoms. The summed E-state index contributed by atoms with van der Waals surface area (Å²) < 4.78 is 18.9. The first-order valence-corrected chi connectivity index (χ1v) is 6.34. The summed E-state index contributed by atoms with van der Waals surface area (Å²) >= 11 is 0. The molecule has 0 aromatic heterocycles. The molecule has 4 N–H and O–H groups in total. The van der Waals surface area contributed by atoms with Gasteiger partial charge in [0, 0.05) is 0 Å². The maximum Gasteiger partial charge on any atom is 0.340 e. The molecule has 6 heteroatoms. The zero-order valence-corrected chi connectivity index (χ0v) is 11.4. The van der Waals surface area contributed by atoms with Gasteiger partial charge in [-0.15, -0.1) is 0 Å². The molecule has 0 unspecified atom stereocenters. The van der Waals surface area contributed by atoms with E-state index >= 15 is 0 Å². The predicted octanol–water partition coefficient (Wildman–Crippen LogP) is 3.25. The summed E-state index contributed by atoms with van der Waals surface area (Å²) in [6.45, 7) is 2.31. The highest BCUT2D eigenvalue weighted by Gasteiger charge is 2.18. The largest absolute Gasteiger partial charge is 0.492 e. The Kier molecular flexibility index (Phi) is 4.27. The highest BCUT2D eigenvalue weighted by Crippen LogP contribution is 2.32. The lowest BCUT2D eigenvalue weighted by atomic mass is 10.1. The fourth-order valence-corrected chi connectivity index (χ4v) is 1.93. The van der Waals surface area contributed by atoms with Gasteiger partial charge in [0.25, 0.3) is 0 Å². The first-order valence-electron chi connectivity index (χ1n) is 6.34. The van der Waals surface area contributed by atoms with Crippen molar-refractivity contribution in [2.75, 3.05) is 17.7 Å². The number of hydrogen-bond acceptors (Lipinski definition) is 4. The molecular weight excluding hydrogens is 275 g/mol. The molecular formula is C15H15FN2O3. The number of rotatable bonds is 5. The van der Waals surface area contributed by atoms with Crippen LogP contribution in [0.1, 0.15) is 17.3 Å². The summed E-state index contributed by atoms with van der Waals surface area (Å²) in [5, 5.41) is 12.1. The minimum atomic E-state index is -1.30. The van der Waals surface area contributed by atoms with Crippen LogP contribution in [0.3, 0.4) is 0 Å². The second kappa shape index (κ2) is 6.13. The van der Waals surface area contributed by atoms with Crippen LogP contribution in [0.4, 0.5) is 21.5 Å². The van der Waals surface area contributed by atoms with E-state index < -0.39 is 17.5 Å². The van der Waals surface area contributed by atoms with Gasteiger partial charge in [0.1, 0.15) is 17.1 Å². The van der Waals surface area contributed by atoms with Gasteiger partial charge in [-0.25, -0.2) is 9.18 Å². The first-order chi connectivity index (χ1) is 10.0. The van der Waals surface area contributed by atoms with Gasteiger partial charge in [-0.05, 0) is 31.2 Å². The zero-order chi connectivity index (χ0) is 15.4. The number of aromatic carboxylic acids is 1. The number of nitrogens with one attached hydrogen (secondary N) is 1. The Morgan fingerprint density at radius 2 is 2.00 bits per heavy atom. The van der Waals surface area contributed by atoms with Crippen LogP contribution in [0.2, 0.25) is 0 Å². The highest BCUT2D eigenvalue weighted by molar-refractivity contribution is 6.01. The molecule has 0 radical (unpaired) electrons. The predicted molar refractivity (Wildman–Crippen MR) is 78.7 cm³/mol. The molecule has 21 heavy (non-hydrogen) atoms. The summed E-state index contributed by atoms with van der Waals surface area (Å²) in [4.78, 5) is 11.3. The van der Waals surface area contributed by atoms with E-state index in [1.165, 1.54) is 6.07 Å². The molecule has 2 aromatic carbocycles. The van der Waals surface area contributed by atoms with Crippen LogP contribution >= 0.6 is 0 Å². The summed E-state index contributed by atoms with van der Waals surface area (Å²) in [5.74, 6) is -1.50. The van der Waals surface area contributed by atoms with Crippen molar-refractivity contribution in [3.05, 3.63) is 47.8 Å². The zero-order valence-electron chi connectivity index (χ0n) is 11.4. The van der Waals surface area contributed by atoms with Gasteiger partial charge in [0.05, 0.1) is 23.7 Å². The molecule has 0 saturated heterocycles. The average molecular weight is 290 g/mol. The Morgan fingerprint density at radius 1 is 1.29 bits per heavy atom. The lowest BCUT2D eigenvalue weighted by Crippen LogP contribution is -2.09. The number of anilines is 3. The smallest absolute Gasteiger partial charge is 0.340 e. The van der Waals surface area contributed by atoms with Gasteiger partial charge < -0.3 is 20.9 Å². The van der Waals surface area contributed by atoms with Gasteiger partial charge in [0.2, 0.25) is 0 Å². The highest BCUT2D eigenvalue weighted by atomic mass is 19.1. The number of halogens is 1. The fraction of sp³-hybridized carbons (Fsp3) is 0.133. The first kappa shape index (κ1) is 14.6. The Morgan fingerprint density at radius 3 is 2.67 bits per heavy atom. The summed E-state index contributed by atoms with van der Waals surface area (Å²) in [6, 6.07) is 9.51. The average Bonchev–Trinajstić information content (AvgIpc) is 2.45. The van der Waals surface area contributed by atoms with E-state index in [0.717, 1.165) is 6.07 Å². The van der Waals surface area contributed by atoms with Gasteiger partial charge in [0.15, 0.2) is 0 Å². The molecule has 0 heterocycles. The van der Waals surface area contributed by atoms with Crippen molar-refractivity contribution in [3.8, 4) is 5.75 Å². The quantitative estimate of drug-likeness (QED) is 0.736. The van der Waals surface area contributed by atoms with Crippen molar-refractivity contribution in [1.29, 1.82) is 0 Å². The topological polar surface area (TPSA) is 84.6 Å². The van der Waals surface area contributed by atoms with E-state index in [0.29, 0.717) is 18.0 Å². The summed E-state index contributed by atoms with van der Waals surface area (Å²) in [7, 11) is 0. The third-order valence-electron chi connectivity index (χ3n) is 2.86. The van der Waals surface area contributed by atoms with E-state index in [1.807, 2.05) is 6.92 Å². The Labute approximate surface area is 121 Å². The van der Waals surface area contributed by atoms with Gasteiger partial charge in [-0.2, -0.15) is 0 Å². The third kappa shape index (κ3) is 3.05. The van der Waals surface area contributed by atoms with Crippen molar-refractivity contribution < 1.29 is 19.0 Å². The number of carbonyl (C=O) groups is 1. The van der Waals surface area contributed by atoms with Crippen LogP contribution in [-0.4, -0.2) is 17.7 Å². The van der Waals surface area contributed by atoms with Crippen molar-refractivity contribution in [2.45, 2.75) is 6.92 Å². The summed E-state index contributed by atoms with van der Waals surface area (Å²) in [6.07, 6.45) is 0. The molecule has 0 atom stereocenters. The standard InChI is InChI=1S/C15H15FN2O3/c1-2-21-12-6-4-3-5-10(12)18-11-8-7-9(16)14(17)13(11)15(19)20/h3-8,18H,2,17H2,1H3,(H,19,20). The van der Waals surface area contributed by atoms with Crippen molar-refractivity contribution in [3.63, 3.8) is 0 Å². The van der Waals surface area contributed by atoms with Crippen LogP contribution in [0.5, 0.6) is 5.75 Å². The Hall–Kier alpha value is -2.76. The van der Waals surface area contributed by atoms with Crippen molar-refractivity contribution >= 4 is 23.0 Å². The lowest BCUT2D eigenvalue weighted by molar-refractivity contribution is 0.0698. The molecule has 0 aliphatic carbocycles. The van der Waals surface area contributed by atoms with Crippen LogP contribution in [0.15, 0.2) is 36.4 Å². The fourth-order valence-electron chi connectivity index (χ4n) is 1.93. The molecule has 0 aliphatic rings. The van der Waals surface area contributed by atoms with Crippen molar-refractivity contribution in [2.24, 2.45) is 0 Å². The molecule has 0 fully saturated rings. The number of nitrogen functional groups attached to an aromatic ring is 1. The number of ether oxygens (including phenoxy) is 1. The second-order valence-corrected chi connectivity index (χ2v) is 4.24. The molecule has 0 aliphatic heterocycles. The number of nitrogens with two attached hydrogens (primary N) is 1. The van der Waals surface area contributed by atoms with Crippen LogP contribution < -0.4 is 15.8 Å². The number of hydrogen-bond donors (Lipinski definition) is 3. The monoisotopic (exact) mass is 290 g/mol. The van der Waals surface area contributed by atoms with E-state index in [4.69, 9.17) is 10.5 Å². The van der Waals surface area contributed by atoms with E-state index in [-0.39, 0.29) is 11.3 Å². The normalized spacial score (nSPS) is 10.2. The second-order valence-electron chi connectivity index (χ2n) is 4.24. The van der Waals surface area contributed by atoms with Gasteiger partial charge in [-0.3, -0.25) is 0 Å². The molecule has 5 nitrogen and oxygen atoms in total. The van der Waals surface area contributed by atoms with E-state index in [2.05, 4.69) is 5.32 Å². The Bertz CT molecular complexity index is 674. The molecule has 2 aromatic rings. The number of carboxylic acids is 1. The molecule has 2 rings (SSSR count). The lowest BCUT2D eigenvalue weighted by Gasteiger charge is -2.15. The minimum Gasteiger partial charge on any atom is -0.492 e. The summed E-state index contributed by atoms with van der Waals surface area (Å²) in [5.41, 5.74) is 5.58. The van der Waals surface area contributed by atoms with Crippen molar-refractivity contribution in [1.82, 2.24) is 0 Å². The number of carboxylic acid groups (broad SMARTS) is 1. The minimum absolute atomic E-state index is 0.202. The van der Waals surface area contributed by atoms with Gasteiger partial charge in [-0.1, -0.05) is 12.1 Å². The van der Waals surface area contributed by atoms with Crippen LogP contribution in [0, 0.1) is 5.82 Å². The number of para-hydroxylation sites is 2. The Balaban J connectivity index is 2.45. The number of benzene rings is 2. The maximum absolute atomic E-state index is 13.4. The van der Waals surface area contributed by atoms with E-state index in [9.17, 15) is 14.3 Å². The molecule has 0 saturated carbocycles. The third-order valence-corrected chi connectivity index (χ3v) is 2.86. The molecule has 110 valence electrons. The maximum atomic E-state index is 13.4. The molecule has 0 amide bonds. The molecule has 0 spiro atoms. The SMILES string of the molecule is CCOc1ccccc1Nc1ccc(F)c(N)c1C(=O)O.